The normalized spacial score (nSPS) is 12.4. The lowest BCUT2D eigenvalue weighted by atomic mass is 10.0. The molecule has 0 aliphatic heterocycles. The quantitative estimate of drug-likeness (QED) is 0.479. The molecule has 148 valence electrons. The second-order valence-corrected chi connectivity index (χ2v) is 6.97. The van der Waals surface area contributed by atoms with E-state index in [1.165, 1.54) is 23.3 Å². The van der Waals surface area contributed by atoms with Crippen LogP contribution >= 0.6 is 0 Å². The minimum Gasteiger partial charge on any atom is -0.478 e. The van der Waals surface area contributed by atoms with E-state index in [1.807, 2.05) is 43.3 Å². The molecule has 0 aliphatic carbocycles. The Labute approximate surface area is 169 Å². The first kappa shape index (κ1) is 17.8. The highest BCUT2D eigenvalue weighted by molar-refractivity contribution is 5.87. The molecule has 0 aliphatic rings. The van der Waals surface area contributed by atoms with E-state index in [2.05, 4.69) is 26.2 Å². The summed E-state index contributed by atoms with van der Waals surface area (Å²) in [5.74, 6) is -0.986. The molecule has 9 heteroatoms. The molecule has 0 bridgehead atoms. The minimum atomic E-state index is -1.11. The number of aromatic amines is 1. The number of rotatable bonds is 4. The van der Waals surface area contributed by atoms with Crippen LogP contribution in [0.4, 0.5) is 0 Å². The average molecular weight is 400 g/mol. The summed E-state index contributed by atoms with van der Waals surface area (Å²) in [6.45, 7) is 1.97. The van der Waals surface area contributed by atoms with Gasteiger partial charge in [-0.3, -0.25) is 14.5 Å². The Kier molecular flexibility index (Phi) is 3.95. The van der Waals surface area contributed by atoms with Crippen molar-refractivity contribution in [2.45, 2.75) is 13.0 Å². The molecule has 5 rings (SSSR count). The average Bonchev–Trinajstić information content (AvgIpc) is 3.40. The van der Waals surface area contributed by atoms with E-state index >= 15 is 0 Å². The number of hydrogen-bond acceptors (Lipinski definition) is 5. The van der Waals surface area contributed by atoms with Crippen molar-refractivity contribution in [1.29, 1.82) is 0 Å². The standard InChI is InChI=1S/C21H16N6O3/c1-12(14-7-6-13-4-2-3-5-15(13)8-14)27-18-17(10-23-27)24-21(25-19(18)28)26-11-16(9-22-26)20(29)30/h2-12H,1H3,(H,29,30)(H,24,25,28)/t12-/m1/s1. The van der Waals surface area contributed by atoms with E-state index in [1.54, 1.807) is 4.68 Å². The molecule has 9 nitrogen and oxygen atoms in total. The molecule has 0 saturated heterocycles. The maximum atomic E-state index is 12.8. The summed E-state index contributed by atoms with van der Waals surface area (Å²) < 4.78 is 2.86. The Morgan fingerprint density at radius 3 is 2.67 bits per heavy atom. The van der Waals surface area contributed by atoms with E-state index < -0.39 is 5.97 Å². The van der Waals surface area contributed by atoms with Crippen LogP contribution in [0.25, 0.3) is 27.8 Å². The van der Waals surface area contributed by atoms with Gasteiger partial charge >= 0.3 is 5.97 Å². The lowest BCUT2D eigenvalue weighted by Gasteiger charge is -2.14. The number of nitrogens with zero attached hydrogens (tertiary/aromatic N) is 5. The molecule has 30 heavy (non-hydrogen) atoms. The van der Waals surface area contributed by atoms with Gasteiger partial charge in [-0.2, -0.15) is 10.2 Å². The number of carboxylic acids is 1. The van der Waals surface area contributed by atoms with Crippen molar-refractivity contribution in [3.05, 3.63) is 82.5 Å². The van der Waals surface area contributed by atoms with Gasteiger partial charge in [-0.25, -0.2) is 14.5 Å². The Hall–Kier alpha value is -4.27. The molecule has 3 aromatic heterocycles. The van der Waals surface area contributed by atoms with Crippen LogP contribution in [0, 0.1) is 0 Å². The second kappa shape index (κ2) is 6.66. The Morgan fingerprint density at radius 1 is 1.10 bits per heavy atom. The fourth-order valence-corrected chi connectivity index (χ4v) is 3.52. The predicted octanol–water partition coefficient (Wildman–Crippen LogP) is 2.77. The first-order valence-corrected chi connectivity index (χ1v) is 9.26. The highest BCUT2D eigenvalue weighted by atomic mass is 16.4. The summed E-state index contributed by atoms with van der Waals surface area (Å²) in [5, 5.41) is 19.6. The summed E-state index contributed by atoms with van der Waals surface area (Å²) in [6.07, 6.45) is 4.00. The summed E-state index contributed by atoms with van der Waals surface area (Å²) in [4.78, 5) is 30.9. The zero-order valence-electron chi connectivity index (χ0n) is 15.9. The molecule has 0 saturated carbocycles. The third-order valence-corrected chi connectivity index (χ3v) is 5.11. The van der Waals surface area contributed by atoms with Gasteiger partial charge < -0.3 is 5.11 Å². The van der Waals surface area contributed by atoms with Crippen LogP contribution in [-0.2, 0) is 0 Å². The van der Waals surface area contributed by atoms with Crippen molar-refractivity contribution in [3.8, 4) is 5.95 Å². The third-order valence-electron chi connectivity index (χ3n) is 5.11. The van der Waals surface area contributed by atoms with Crippen LogP contribution in [-0.4, -0.2) is 40.6 Å². The van der Waals surface area contributed by atoms with Gasteiger partial charge in [-0.05, 0) is 29.3 Å². The van der Waals surface area contributed by atoms with Gasteiger partial charge in [0.1, 0.15) is 5.52 Å². The number of aromatic carboxylic acids is 1. The highest BCUT2D eigenvalue weighted by Crippen LogP contribution is 2.24. The molecule has 0 radical (unpaired) electrons. The summed E-state index contributed by atoms with van der Waals surface area (Å²) in [5.41, 5.74) is 1.37. The van der Waals surface area contributed by atoms with Crippen LogP contribution in [0.3, 0.4) is 0 Å². The van der Waals surface area contributed by atoms with E-state index in [-0.39, 0.29) is 23.1 Å². The van der Waals surface area contributed by atoms with Crippen LogP contribution in [0.5, 0.6) is 0 Å². The third kappa shape index (κ3) is 2.84. The molecule has 2 aromatic carbocycles. The van der Waals surface area contributed by atoms with Crippen LogP contribution < -0.4 is 5.56 Å². The van der Waals surface area contributed by atoms with Gasteiger partial charge in [-0.1, -0.05) is 36.4 Å². The lowest BCUT2D eigenvalue weighted by molar-refractivity contribution is 0.0697. The molecule has 1 atom stereocenters. The van der Waals surface area contributed by atoms with Gasteiger partial charge in [0.15, 0.2) is 5.52 Å². The molecule has 0 fully saturated rings. The molecular formula is C21H16N6O3. The highest BCUT2D eigenvalue weighted by Gasteiger charge is 2.18. The maximum Gasteiger partial charge on any atom is 0.338 e. The number of nitrogens with one attached hydrogen (secondary N) is 1. The number of H-pyrrole nitrogens is 1. The van der Waals surface area contributed by atoms with E-state index in [9.17, 15) is 9.59 Å². The molecule has 2 N–H and O–H groups in total. The van der Waals surface area contributed by atoms with Gasteiger partial charge in [0.05, 0.1) is 24.0 Å². The first-order chi connectivity index (χ1) is 14.5. The molecule has 0 amide bonds. The van der Waals surface area contributed by atoms with Crippen LogP contribution in [0.1, 0.15) is 28.9 Å². The zero-order chi connectivity index (χ0) is 20.8. The van der Waals surface area contributed by atoms with Gasteiger partial charge in [0.25, 0.3) is 5.56 Å². The first-order valence-electron chi connectivity index (χ1n) is 9.26. The molecule has 0 spiro atoms. The predicted molar refractivity (Wildman–Crippen MR) is 110 cm³/mol. The van der Waals surface area contributed by atoms with Crippen LogP contribution in [0.15, 0.2) is 65.8 Å². The van der Waals surface area contributed by atoms with Gasteiger partial charge in [0, 0.05) is 6.20 Å². The van der Waals surface area contributed by atoms with E-state index in [0.29, 0.717) is 11.0 Å². The molecule has 3 heterocycles. The van der Waals surface area contributed by atoms with E-state index in [0.717, 1.165) is 16.3 Å². The molecule has 0 unspecified atom stereocenters. The fourth-order valence-electron chi connectivity index (χ4n) is 3.52. The maximum absolute atomic E-state index is 12.8. The number of aromatic nitrogens is 6. The van der Waals surface area contributed by atoms with Gasteiger partial charge in [0.2, 0.25) is 5.95 Å². The smallest absolute Gasteiger partial charge is 0.338 e. The second-order valence-electron chi connectivity index (χ2n) is 6.97. The number of benzene rings is 2. The molecular weight excluding hydrogens is 384 g/mol. The largest absolute Gasteiger partial charge is 0.478 e. The monoisotopic (exact) mass is 400 g/mol. The summed E-state index contributed by atoms with van der Waals surface area (Å²) in [7, 11) is 0. The number of carboxylic acid groups (broad SMARTS) is 1. The number of carbonyl (C=O) groups is 1. The van der Waals surface area contributed by atoms with Crippen molar-refractivity contribution in [2.24, 2.45) is 0 Å². The Bertz CT molecular complexity index is 1480. The van der Waals surface area contributed by atoms with Crippen molar-refractivity contribution in [1.82, 2.24) is 29.5 Å². The fraction of sp³-hybridized carbons (Fsp3) is 0.0952. The Morgan fingerprint density at radius 2 is 1.90 bits per heavy atom. The topological polar surface area (TPSA) is 119 Å². The van der Waals surface area contributed by atoms with E-state index in [4.69, 9.17) is 5.11 Å². The van der Waals surface area contributed by atoms with Crippen molar-refractivity contribution >= 4 is 27.8 Å². The number of hydrogen-bond donors (Lipinski definition) is 2. The summed E-state index contributed by atoms with van der Waals surface area (Å²) in [6, 6.07) is 14.0. The van der Waals surface area contributed by atoms with Crippen molar-refractivity contribution < 1.29 is 9.90 Å². The SMILES string of the molecule is C[C@H](c1ccc2ccccc2c1)n1ncc2nc(-n3cc(C(=O)O)cn3)[nH]c(=O)c21. The van der Waals surface area contributed by atoms with Gasteiger partial charge in [-0.15, -0.1) is 0 Å². The van der Waals surface area contributed by atoms with Crippen LogP contribution in [0.2, 0.25) is 0 Å². The zero-order valence-corrected chi connectivity index (χ0v) is 15.9. The summed E-state index contributed by atoms with van der Waals surface area (Å²) >= 11 is 0. The lowest BCUT2D eigenvalue weighted by Crippen LogP contribution is -2.18. The van der Waals surface area contributed by atoms with Crippen molar-refractivity contribution in [2.75, 3.05) is 0 Å². The Balaban J connectivity index is 1.58. The number of fused-ring (bicyclic) bond motifs is 2. The molecule has 5 aromatic rings. The van der Waals surface area contributed by atoms with Crippen molar-refractivity contribution in [3.63, 3.8) is 0 Å². The minimum absolute atomic E-state index is 0.00151.